The van der Waals surface area contributed by atoms with Crippen LogP contribution in [0.1, 0.15) is 25.7 Å². The Bertz CT molecular complexity index is 120. The SMILES string of the molecule is O=C(O)CCCCC(CO)CO. The number of carboxylic acids is 1. The second-order valence-corrected chi connectivity index (χ2v) is 2.87. The van der Waals surface area contributed by atoms with Crippen molar-refractivity contribution in [2.24, 2.45) is 5.92 Å². The predicted octanol–water partition coefficient (Wildman–Crippen LogP) is 0.232. The summed E-state index contributed by atoms with van der Waals surface area (Å²) < 4.78 is 0. The number of carboxylic acid groups (broad SMARTS) is 1. The molecule has 4 nitrogen and oxygen atoms in total. The van der Waals surface area contributed by atoms with E-state index in [1.807, 2.05) is 0 Å². The number of aliphatic hydroxyl groups is 2. The lowest BCUT2D eigenvalue weighted by atomic mass is 10.0. The van der Waals surface area contributed by atoms with Crippen LogP contribution in [0.5, 0.6) is 0 Å². The summed E-state index contributed by atoms with van der Waals surface area (Å²) >= 11 is 0. The molecule has 0 unspecified atom stereocenters. The molecule has 0 bridgehead atoms. The van der Waals surface area contributed by atoms with Crippen LogP contribution in [0.25, 0.3) is 0 Å². The highest BCUT2D eigenvalue weighted by Gasteiger charge is 2.05. The van der Waals surface area contributed by atoms with E-state index in [9.17, 15) is 4.79 Å². The summed E-state index contributed by atoms with van der Waals surface area (Å²) in [6.45, 7) is -0.0485. The minimum absolute atomic E-state index is 0.0242. The van der Waals surface area contributed by atoms with Gasteiger partial charge < -0.3 is 15.3 Å². The molecule has 0 spiro atoms. The second-order valence-electron chi connectivity index (χ2n) is 2.87. The van der Waals surface area contributed by atoms with E-state index in [1.54, 1.807) is 0 Å². The zero-order valence-electron chi connectivity index (χ0n) is 7.07. The van der Waals surface area contributed by atoms with Gasteiger partial charge in [-0.1, -0.05) is 6.42 Å². The first-order valence-electron chi connectivity index (χ1n) is 4.14. The fraction of sp³-hybridized carbons (Fsp3) is 0.875. The maximum atomic E-state index is 10.1. The lowest BCUT2D eigenvalue weighted by molar-refractivity contribution is -0.137. The normalized spacial score (nSPS) is 10.6. The lowest BCUT2D eigenvalue weighted by Crippen LogP contribution is -2.10. The van der Waals surface area contributed by atoms with E-state index in [2.05, 4.69) is 0 Å². The van der Waals surface area contributed by atoms with E-state index < -0.39 is 5.97 Å². The molecule has 72 valence electrons. The van der Waals surface area contributed by atoms with Crippen LogP contribution in [0, 0.1) is 5.92 Å². The Morgan fingerprint density at radius 3 is 2.17 bits per heavy atom. The van der Waals surface area contributed by atoms with Gasteiger partial charge in [-0.05, 0) is 12.8 Å². The number of hydrogen-bond donors (Lipinski definition) is 3. The van der Waals surface area contributed by atoms with Crippen molar-refractivity contribution in [1.29, 1.82) is 0 Å². The zero-order chi connectivity index (χ0) is 9.40. The molecule has 0 aliphatic carbocycles. The third-order valence-electron chi connectivity index (χ3n) is 1.77. The van der Waals surface area contributed by atoms with Crippen LogP contribution in [0.4, 0.5) is 0 Å². The topological polar surface area (TPSA) is 77.8 Å². The molecule has 0 saturated carbocycles. The van der Waals surface area contributed by atoms with Crippen LogP contribution in [-0.2, 0) is 4.79 Å². The summed E-state index contributed by atoms with van der Waals surface area (Å²) in [5, 5.41) is 25.6. The van der Waals surface area contributed by atoms with Crippen molar-refractivity contribution in [2.75, 3.05) is 13.2 Å². The largest absolute Gasteiger partial charge is 0.481 e. The molecule has 0 aromatic rings. The lowest BCUT2D eigenvalue weighted by Gasteiger charge is -2.08. The number of aliphatic hydroxyl groups excluding tert-OH is 2. The van der Waals surface area contributed by atoms with Gasteiger partial charge in [0.2, 0.25) is 0 Å². The van der Waals surface area contributed by atoms with Crippen LogP contribution >= 0.6 is 0 Å². The molecule has 0 aliphatic heterocycles. The quantitative estimate of drug-likeness (QED) is 0.485. The van der Waals surface area contributed by atoms with E-state index in [1.165, 1.54) is 0 Å². The smallest absolute Gasteiger partial charge is 0.303 e. The van der Waals surface area contributed by atoms with Crippen LogP contribution in [0.15, 0.2) is 0 Å². The maximum absolute atomic E-state index is 10.1. The molecule has 3 N–H and O–H groups in total. The van der Waals surface area contributed by atoms with Gasteiger partial charge in [0.15, 0.2) is 0 Å². The molecule has 0 aromatic heterocycles. The molecule has 0 heterocycles. The number of hydrogen-bond acceptors (Lipinski definition) is 3. The summed E-state index contributed by atoms with van der Waals surface area (Å²) in [5.74, 6) is -0.877. The Kier molecular flexibility index (Phi) is 6.70. The summed E-state index contributed by atoms with van der Waals surface area (Å²) in [4.78, 5) is 10.1. The highest BCUT2D eigenvalue weighted by molar-refractivity contribution is 5.66. The average molecular weight is 176 g/mol. The van der Waals surface area contributed by atoms with Crippen molar-refractivity contribution < 1.29 is 20.1 Å². The van der Waals surface area contributed by atoms with Gasteiger partial charge in [0.25, 0.3) is 0 Å². The monoisotopic (exact) mass is 176 g/mol. The molecule has 0 radical (unpaired) electrons. The Hall–Kier alpha value is -0.610. The first kappa shape index (κ1) is 11.4. The molecule has 0 fully saturated rings. The van der Waals surface area contributed by atoms with Crippen molar-refractivity contribution in [1.82, 2.24) is 0 Å². The third-order valence-corrected chi connectivity index (χ3v) is 1.77. The van der Waals surface area contributed by atoms with Crippen LogP contribution in [0.2, 0.25) is 0 Å². The van der Waals surface area contributed by atoms with Crippen molar-refractivity contribution in [2.45, 2.75) is 25.7 Å². The molecule has 0 atom stereocenters. The van der Waals surface area contributed by atoms with Gasteiger partial charge in [-0.3, -0.25) is 4.79 Å². The Morgan fingerprint density at radius 1 is 1.17 bits per heavy atom. The summed E-state index contributed by atoms with van der Waals surface area (Å²) in [5.41, 5.74) is 0. The van der Waals surface area contributed by atoms with E-state index in [0.717, 1.165) is 6.42 Å². The van der Waals surface area contributed by atoms with Crippen LogP contribution < -0.4 is 0 Å². The molecule has 0 saturated heterocycles. The van der Waals surface area contributed by atoms with Crippen molar-refractivity contribution >= 4 is 5.97 Å². The van der Waals surface area contributed by atoms with Gasteiger partial charge in [-0.25, -0.2) is 0 Å². The Labute approximate surface area is 71.8 Å². The first-order chi connectivity index (χ1) is 5.70. The van der Waals surface area contributed by atoms with E-state index in [0.29, 0.717) is 12.8 Å². The minimum Gasteiger partial charge on any atom is -0.481 e. The van der Waals surface area contributed by atoms with Gasteiger partial charge in [-0.15, -0.1) is 0 Å². The molecule has 0 aromatic carbocycles. The van der Waals surface area contributed by atoms with Gasteiger partial charge in [0.05, 0.1) is 0 Å². The fourth-order valence-electron chi connectivity index (χ4n) is 0.950. The fourth-order valence-corrected chi connectivity index (χ4v) is 0.950. The van der Waals surface area contributed by atoms with Crippen molar-refractivity contribution in [3.05, 3.63) is 0 Å². The highest BCUT2D eigenvalue weighted by Crippen LogP contribution is 2.08. The number of carbonyl (C=O) groups is 1. The van der Waals surface area contributed by atoms with Crippen LogP contribution in [-0.4, -0.2) is 34.5 Å². The van der Waals surface area contributed by atoms with E-state index >= 15 is 0 Å². The van der Waals surface area contributed by atoms with E-state index in [4.69, 9.17) is 15.3 Å². The molecule has 12 heavy (non-hydrogen) atoms. The molecule has 0 rings (SSSR count). The standard InChI is InChI=1S/C8H16O4/c9-5-7(6-10)3-1-2-4-8(11)12/h7,9-10H,1-6H2,(H,11,12). The second kappa shape index (κ2) is 7.06. The maximum Gasteiger partial charge on any atom is 0.303 e. The minimum atomic E-state index is -0.792. The van der Waals surface area contributed by atoms with Gasteiger partial charge in [0.1, 0.15) is 0 Å². The molecular formula is C8H16O4. The average Bonchev–Trinajstić information content (AvgIpc) is 2.04. The Balaban J connectivity index is 3.23. The Morgan fingerprint density at radius 2 is 1.75 bits per heavy atom. The molecule has 4 heteroatoms. The predicted molar refractivity (Wildman–Crippen MR) is 43.8 cm³/mol. The van der Waals surface area contributed by atoms with Gasteiger partial charge in [-0.2, -0.15) is 0 Å². The van der Waals surface area contributed by atoms with Crippen LogP contribution in [0.3, 0.4) is 0 Å². The van der Waals surface area contributed by atoms with Gasteiger partial charge in [0, 0.05) is 25.6 Å². The molecule has 0 aliphatic rings. The zero-order valence-corrected chi connectivity index (χ0v) is 7.07. The van der Waals surface area contributed by atoms with Crippen molar-refractivity contribution in [3.63, 3.8) is 0 Å². The first-order valence-corrected chi connectivity index (χ1v) is 4.14. The molecular weight excluding hydrogens is 160 g/mol. The van der Waals surface area contributed by atoms with Gasteiger partial charge >= 0.3 is 5.97 Å². The summed E-state index contributed by atoms with van der Waals surface area (Å²) in [6, 6.07) is 0. The number of aliphatic carboxylic acids is 1. The van der Waals surface area contributed by atoms with Crippen molar-refractivity contribution in [3.8, 4) is 0 Å². The molecule has 0 amide bonds. The van der Waals surface area contributed by atoms with E-state index in [-0.39, 0.29) is 25.6 Å². The highest BCUT2D eigenvalue weighted by atomic mass is 16.4. The summed E-state index contributed by atoms with van der Waals surface area (Å²) in [7, 11) is 0. The summed E-state index contributed by atoms with van der Waals surface area (Å²) in [6.07, 6.45) is 2.23. The number of rotatable bonds is 7. The number of unbranched alkanes of at least 4 members (excludes halogenated alkanes) is 1. The third kappa shape index (κ3) is 6.12.